The average Bonchev–Trinajstić information content (AvgIpc) is 3.77. The van der Waals surface area contributed by atoms with E-state index in [9.17, 15) is 0 Å². The molecule has 0 aliphatic heterocycles. The molecule has 0 bridgehead atoms. The minimum absolute atomic E-state index is 0.906. The Labute approximate surface area is 387 Å². The molecule has 1 nitrogen and oxygen atoms in total. The van der Waals surface area contributed by atoms with Crippen molar-refractivity contribution < 1.29 is 4.42 Å². The topological polar surface area (TPSA) is 13.1 Å². The fourth-order valence-electron chi connectivity index (χ4n) is 11.5. The highest BCUT2D eigenvalue weighted by atomic mass is 16.3. The molecule has 1 heterocycles. The van der Waals surface area contributed by atoms with Gasteiger partial charge < -0.3 is 4.42 Å². The van der Waals surface area contributed by atoms with Crippen molar-refractivity contribution in [2.24, 2.45) is 0 Å². The first-order chi connectivity index (χ1) is 33.3. The molecule has 1 aromatic heterocycles. The van der Waals surface area contributed by atoms with E-state index < -0.39 is 0 Å². The molecule has 0 N–H and O–H groups in total. The zero-order valence-corrected chi connectivity index (χ0v) is 36.5. The first kappa shape index (κ1) is 37.6. The second-order valence-corrected chi connectivity index (χ2v) is 17.8. The Morgan fingerprint density at radius 3 is 0.970 bits per heavy atom. The largest absolute Gasteiger partial charge is 0.456 e. The van der Waals surface area contributed by atoms with Crippen molar-refractivity contribution in [3.05, 3.63) is 243 Å². The van der Waals surface area contributed by atoms with Gasteiger partial charge in [-0.1, -0.05) is 224 Å². The van der Waals surface area contributed by atoms with E-state index in [1.165, 1.54) is 120 Å². The Kier molecular flexibility index (Phi) is 8.35. The van der Waals surface area contributed by atoms with Crippen LogP contribution in [0.4, 0.5) is 0 Å². The summed E-state index contributed by atoms with van der Waals surface area (Å²) in [7, 11) is 0. The van der Waals surface area contributed by atoms with Gasteiger partial charge >= 0.3 is 0 Å². The zero-order chi connectivity index (χ0) is 44.0. The maximum Gasteiger partial charge on any atom is 0.135 e. The fraction of sp³-hybridized carbons (Fsp3) is 0. The van der Waals surface area contributed by atoms with E-state index in [2.05, 4.69) is 237 Å². The second-order valence-electron chi connectivity index (χ2n) is 17.8. The Morgan fingerprint density at radius 2 is 0.507 bits per heavy atom. The molecule has 0 aliphatic carbocycles. The molecule has 14 rings (SSSR count). The quantitative estimate of drug-likeness (QED) is 0.157. The predicted molar refractivity (Wildman–Crippen MR) is 286 cm³/mol. The molecule has 0 atom stereocenters. The summed E-state index contributed by atoms with van der Waals surface area (Å²) in [5.74, 6) is 0. The van der Waals surface area contributed by atoms with Crippen molar-refractivity contribution in [3.63, 3.8) is 0 Å². The number of furan rings is 1. The molecule has 0 amide bonds. The molecule has 13 aromatic carbocycles. The van der Waals surface area contributed by atoms with Crippen molar-refractivity contribution in [1.29, 1.82) is 0 Å². The van der Waals surface area contributed by atoms with Crippen molar-refractivity contribution >= 4 is 86.6 Å². The third kappa shape index (κ3) is 5.68. The Hall–Kier alpha value is -8.78. The van der Waals surface area contributed by atoms with Crippen LogP contribution in [0.3, 0.4) is 0 Å². The number of hydrogen-bond donors (Lipinski definition) is 0. The van der Waals surface area contributed by atoms with Gasteiger partial charge in [0.25, 0.3) is 0 Å². The Morgan fingerprint density at radius 1 is 0.179 bits per heavy atom. The van der Waals surface area contributed by atoms with Crippen molar-refractivity contribution in [2.45, 2.75) is 0 Å². The molecule has 67 heavy (non-hydrogen) atoms. The molecular formula is C66H40O. The predicted octanol–water partition coefficient (Wildman–Crippen LogP) is 18.8. The van der Waals surface area contributed by atoms with Crippen LogP contribution in [0.2, 0.25) is 0 Å². The van der Waals surface area contributed by atoms with Gasteiger partial charge in [-0.25, -0.2) is 0 Å². The van der Waals surface area contributed by atoms with Gasteiger partial charge in [-0.05, 0) is 138 Å². The van der Waals surface area contributed by atoms with Gasteiger partial charge in [0.2, 0.25) is 0 Å². The molecular weight excluding hydrogens is 809 g/mol. The molecule has 14 aromatic rings. The molecule has 0 fully saturated rings. The van der Waals surface area contributed by atoms with Crippen LogP contribution in [0.5, 0.6) is 0 Å². The summed E-state index contributed by atoms with van der Waals surface area (Å²) >= 11 is 0. The van der Waals surface area contributed by atoms with Crippen LogP contribution in [-0.4, -0.2) is 0 Å². The third-order valence-electron chi connectivity index (χ3n) is 14.3. The van der Waals surface area contributed by atoms with E-state index in [0.29, 0.717) is 0 Å². The van der Waals surface area contributed by atoms with Gasteiger partial charge in [0.1, 0.15) is 11.2 Å². The lowest BCUT2D eigenvalue weighted by atomic mass is 9.83. The van der Waals surface area contributed by atoms with Crippen LogP contribution in [0.15, 0.2) is 247 Å². The second kappa shape index (κ2) is 14.9. The molecule has 0 aliphatic rings. The molecule has 0 unspecified atom stereocenters. The molecule has 0 saturated heterocycles. The summed E-state index contributed by atoms with van der Waals surface area (Å²) in [6.07, 6.45) is 0. The van der Waals surface area contributed by atoms with Crippen LogP contribution in [0.1, 0.15) is 0 Å². The van der Waals surface area contributed by atoms with Crippen LogP contribution in [-0.2, 0) is 0 Å². The standard InChI is InChI=1S/C66H40O/c1-2-18-41(19-3-1)63-52-21-4-8-25-56(52)65(57-26-9-5-22-53(57)63)50-35-16-31-45-43(29-14-33-47(45)50)44-30-15-34-48-46(44)32-17-36-51(48)66-58-27-10-6-23-54(58)64(55-24-7-11-28-59(55)66)42-38-39-62-60(40-42)49-20-12-13-37-61(49)67-62/h1-40H. The molecule has 0 saturated carbocycles. The van der Waals surface area contributed by atoms with Gasteiger partial charge in [-0.3, -0.25) is 0 Å². The summed E-state index contributed by atoms with van der Waals surface area (Å²) in [4.78, 5) is 0. The van der Waals surface area contributed by atoms with Crippen LogP contribution >= 0.6 is 0 Å². The highest BCUT2D eigenvalue weighted by Gasteiger charge is 2.22. The highest BCUT2D eigenvalue weighted by Crippen LogP contribution is 2.49. The Balaban J connectivity index is 0.981. The summed E-state index contributed by atoms with van der Waals surface area (Å²) < 4.78 is 6.28. The number of rotatable bonds is 5. The maximum absolute atomic E-state index is 6.28. The zero-order valence-electron chi connectivity index (χ0n) is 36.5. The first-order valence-corrected chi connectivity index (χ1v) is 23.2. The monoisotopic (exact) mass is 848 g/mol. The third-order valence-corrected chi connectivity index (χ3v) is 14.3. The van der Waals surface area contributed by atoms with Gasteiger partial charge in [0.15, 0.2) is 0 Å². The summed E-state index contributed by atoms with van der Waals surface area (Å²) in [6.45, 7) is 0. The van der Waals surface area contributed by atoms with E-state index in [0.717, 1.165) is 21.9 Å². The smallest absolute Gasteiger partial charge is 0.135 e. The SMILES string of the molecule is c1ccc(-c2c3ccccc3c(-c3cccc4c(-c5cccc6c(-c7c8ccccc8c(-c8ccc9oc%10ccccc%10c9c8)c8ccccc78)cccc56)cccc34)c3ccccc23)cc1. The fourth-order valence-corrected chi connectivity index (χ4v) is 11.5. The maximum atomic E-state index is 6.28. The number of benzene rings is 13. The lowest BCUT2D eigenvalue weighted by Crippen LogP contribution is -1.93. The number of para-hydroxylation sites is 1. The number of fused-ring (bicyclic) bond motifs is 9. The van der Waals surface area contributed by atoms with Gasteiger partial charge in [-0.15, -0.1) is 0 Å². The summed E-state index contributed by atoms with van der Waals surface area (Å²) in [6, 6.07) is 89.2. The van der Waals surface area contributed by atoms with Gasteiger partial charge in [0.05, 0.1) is 0 Å². The number of hydrogen-bond acceptors (Lipinski definition) is 1. The molecule has 0 spiro atoms. The van der Waals surface area contributed by atoms with Crippen LogP contribution in [0.25, 0.3) is 142 Å². The molecule has 310 valence electrons. The van der Waals surface area contributed by atoms with Crippen LogP contribution in [0, 0.1) is 0 Å². The van der Waals surface area contributed by atoms with E-state index in [1.54, 1.807) is 0 Å². The van der Waals surface area contributed by atoms with Crippen molar-refractivity contribution in [3.8, 4) is 55.6 Å². The normalized spacial score (nSPS) is 11.9. The lowest BCUT2D eigenvalue weighted by molar-refractivity contribution is 0.669. The van der Waals surface area contributed by atoms with Crippen LogP contribution < -0.4 is 0 Å². The van der Waals surface area contributed by atoms with Crippen molar-refractivity contribution in [1.82, 2.24) is 0 Å². The van der Waals surface area contributed by atoms with E-state index in [-0.39, 0.29) is 0 Å². The molecule has 0 radical (unpaired) electrons. The minimum Gasteiger partial charge on any atom is -0.456 e. The van der Waals surface area contributed by atoms with Gasteiger partial charge in [0, 0.05) is 10.8 Å². The van der Waals surface area contributed by atoms with E-state index in [1.807, 2.05) is 6.07 Å². The lowest BCUT2D eigenvalue weighted by Gasteiger charge is -2.20. The Bertz CT molecular complexity index is 4210. The van der Waals surface area contributed by atoms with E-state index >= 15 is 0 Å². The van der Waals surface area contributed by atoms with Gasteiger partial charge in [-0.2, -0.15) is 0 Å². The average molecular weight is 849 g/mol. The molecule has 1 heteroatoms. The summed E-state index contributed by atoms with van der Waals surface area (Å²) in [5, 5.41) is 17.2. The minimum atomic E-state index is 0.906. The van der Waals surface area contributed by atoms with Crippen molar-refractivity contribution in [2.75, 3.05) is 0 Å². The van der Waals surface area contributed by atoms with E-state index in [4.69, 9.17) is 4.42 Å². The summed E-state index contributed by atoms with van der Waals surface area (Å²) in [5.41, 5.74) is 14.2. The first-order valence-electron chi connectivity index (χ1n) is 23.2. The highest BCUT2D eigenvalue weighted by molar-refractivity contribution is 6.26.